The van der Waals surface area contributed by atoms with Crippen molar-refractivity contribution in [3.63, 3.8) is 0 Å². The van der Waals surface area contributed by atoms with E-state index in [1.807, 2.05) is 0 Å². The minimum Gasteiger partial charge on any atom is -0.481 e. The van der Waals surface area contributed by atoms with Gasteiger partial charge in [-0.2, -0.15) is 0 Å². The smallest absolute Gasteiger partial charge is 0.307 e. The maximum atomic E-state index is 11.9. The van der Waals surface area contributed by atoms with Gasteiger partial charge in [-0.1, -0.05) is 6.92 Å². The van der Waals surface area contributed by atoms with Crippen LogP contribution in [0.3, 0.4) is 0 Å². The number of hydrogen-bond donors (Lipinski definition) is 2. The summed E-state index contributed by atoms with van der Waals surface area (Å²) >= 11 is 0. The van der Waals surface area contributed by atoms with Crippen LogP contribution >= 0.6 is 0 Å². The standard InChI is InChI=1S/C10H16N2O4S/c1-7(10(13)14)8(2)11-17(15,16)9-4-5-12(3)6-9/h4-8,11H,1-3H3,(H,13,14). The van der Waals surface area contributed by atoms with Gasteiger partial charge in [-0.05, 0) is 13.0 Å². The Kier molecular flexibility index (Phi) is 3.94. The average Bonchev–Trinajstić information content (AvgIpc) is 2.63. The fourth-order valence-electron chi connectivity index (χ4n) is 1.27. The number of hydrogen-bond acceptors (Lipinski definition) is 3. The topological polar surface area (TPSA) is 88.4 Å². The summed E-state index contributed by atoms with van der Waals surface area (Å²) in [6.45, 7) is 2.99. The lowest BCUT2D eigenvalue weighted by Gasteiger charge is -2.17. The zero-order chi connectivity index (χ0) is 13.2. The van der Waals surface area contributed by atoms with Crippen molar-refractivity contribution in [3.8, 4) is 0 Å². The van der Waals surface area contributed by atoms with Crippen molar-refractivity contribution in [1.29, 1.82) is 0 Å². The van der Waals surface area contributed by atoms with Gasteiger partial charge in [0.2, 0.25) is 10.0 Å². The molecule has 6 nitrogen and oxygen atoms in total. The van der Waals surface area contributed by atoms with Crippen LogP contribution in [-0.4, -0.2) is 30.1 Å². The quantitative estimate of drug-likeness (QED) is 0.802. The molecule has 0 saturated heterocycles. The van der Waals surface area contributed by atoms with Crippen LogP contribution in [0.4, 0.5) is 0 Å². The summed E-state index contributed by atoms with van der Waals surface area (Å²) in [5.74, 6) is -1.82. The fraction of sp³-hybridized carbons (Fsp3) is 0.500. The summed E-state index contributed by atoms with van der Waals surface area (Å²) in [6, 6.07) is 0.790. The first-order chi connectivity index (χ1) is 7.74. The third kappa shape index (κ3) is 3.31. The normalized spacial score (nSPS) is 15.5. The Morgan fingerprint density at radius 2 is 2.06 bits per heavy atom. The summed E-state index contributed by atoms with van der Waals surface area (Å²) in [4.78, 5) is 10.9. The van der Waals surface area contributed by atoms with Gasteiger partial charge in [0.1, 0.15) is 0 Å². The summed E-state index contributed by atoms with van der Waals surface area (Å²) in [5.41, 5.74) is 0. The zero-order valence-electron chi connectivity index (χ0n) is 9.91. The number of carboxylic acid groups (broad SMARTS) is 1. The van der Waals surface area contributed by atoms with E-state index in [0.29, 0.717) is 0 Å². The van der Waals surface area contributed by atoms with Crippen LogP contribution in [0.15, 0.2) is 23.4 Å². The number of aliphatic carboxylic acids is 1. The molecule has 0 radical (unpaired) electrons. The average molecular weight is 260 g/mol. The summed E-state index contributed by atoms with van der Waals surface area (Å²) < 4.78 is 27.7. The van der Waals surface area contributed by atoms with Crippen molar-refractivity contribution in [2.24, 2.45) is 13.0 Å². The summed E-state index contributed by atoms with van der Waals surface area (Å²) in [6.07, 6.45) is 3.07. The molecule has 0 fully saturated rings. The molecule has 1 rings (SSSR count). The van der Waals surface area contributed by atoms with Crippen molar-refractivity contribution >= 4 is 16.0 Å². The molecule has 17 heavy (non-hydrogen) atoms. The third-order valence-electron chi connectivity index (χ3n) is 2.60. The van der Waals surface area contributed by atoms with Crippen molar-refractivity contribution in [2.45, 2.75) is 24.8 Å². The van der Waals surface area contributed by atoms with E-state index in [0.717, 1.165) is 0 Å². The number of carbonyl (C=O) groups is 1. The van der Waals surface area contributed by atoms with E-state index in [1.54, 1.807) is 17.8 Å². The molecule has 1 aromatic rings. The first kappa shape index (κ1) is 13.7. The van der Waals surface area contributed by atoms with Gasteiger partial charge in [0, 0.05) is 25.5 Å². The maximum absolute atomic E-state index is 11.9. The van der Waals surface area contributed by atoms with E-state index in [1.165, 1.54) is 26.1 Å². The van der Waals surface area contributed by atoms with Gasteiger partial charge in [0.05, 0.1) is 10.8 Å². The molecule has 0 aliphatic heterocycles. The molecule has 0 amide bonds. The zero-order valence-corrected chi connectivity index (χ0v) is 10.7. The summed E-state index contributed by atoms with van der Waals surface area (Å²) in [5, 5.41) is 8.78. The van der Waals surface area contributed by atoms with Gasteiger partial charge >= 0.3 is 5.97 Å². The molecule has 2 N–H and O–H groups in total. The lowest BCUT2D eigenvalue weighted by molar-refractivity contribution is -0.141. The first-order valence-electron chi connectivity index (χ1n) is 5.11. The predicted octanol–water partition coefficient (Wildman–Crippen LogP) is 0.413. The molecule has 2 unspecified atom stereocenters. The predicted molar refractivity (Wildman–Crippen MR) is 62.0 cm³/mol. The number of sulfonamides is 1. The van der Waals surface area contributed by atoms with Crippen molar-refractivity contribution in [1.82, 2.24) is 9.29 Å². The van der Waals surface area contributed by atoms with Crippen molar-refractivity contribution in [2.75, 3.05) is 0 Å². The van der Waals surface area contributed by atoms with Crippen LogP contribution in [0.5, 0.6) is 0 Å². The Morgan fingerprint density at radius 3 is 2.47 bits per heavy atom. The second-order valence-electron chi connectivity index (χ2n) is 4.05. The Morgan fingerprint density at radius 1 is 1.47 bits per heavy atom. The highest BCUT2D eigenvalue weighted by Crippen LogP contribution is 2.11. The summed E-state index contributed by atoms with van der Waals surface area (Å²) in [7, 11) is -1.94. The molecular weight excluding hydrogens is 244 g/mol. The highest BCUT2D eigenvalue weighted by atomic mass is 32.2. The third-order valence-corrected chi connectivity index (χ3v) is 4.14. The van der Waals surface area contributed by atoms with Crippen molar-refractivity contribution < 1.29 is 18.3 Å². The SMILES string of the molecule is CC(NS(=O)(=O)c1ccn(C)c1)C(C)C(=O)O. The number of aromatic nitrogens is 1. The van der Waals surface area contributed by atoms with E-state index in [-0.39, 0.29) is 4.90 Å². The van der Waals surface area contributed by atoms with Gasteiger partial charge < -0.3 is 9.67 Å². The molecule has 96 valence electrons. The molecule has 0 aliphatic rings. The maximum Gasteiger partial charge on any atom is 0.307 e. The van der Waals surface area contributed by atoms with E-state index in [2.05, 4.69) is 4.72 Å². The number of carboxylic acids is 1. The largest absolute Gasteiger partial charge is 0.481 e. The van der Waals surface area contributed by atoms with Crippen LogP contribution in [-0.2, 0) is 21.9 Å². The molecule has 0 saturated carbocycles. The fourth-order valence-corrected chi connectivity index (χ4v) is 2.64. The lowest BCUT2D eigenvalue weighted by atomic mass is 10.1. The number of rotatable bonds is 5. The van der Waals surface area contributed by atoms with E-state index < -0.39 is 28.0 Å². The van der Waals surface area contributed by atoms with E-state index in [4.69, 9.17) is 5.11 Å². The van der Waals surface area contributed by atoms with Crippen LogP contribution in [0.1, 0.15) is 13.8 Å². The minimum absolute atomic E-state index is 0.129. The van der Waals surface area contributed by atoms with Crippen LogP contribution in [0.2, 0.25) is 0 Å². The van der Waals surface area contributed by atoms with Gasteiger partial charge in [0.15, 0.2) is 0 Å². The second kappa shape index (κ2) is 4.89. The Balaban J connectivity index is 2.84. The van der Waals surface area contributed by atoms with E-state index >= 15 is 0 Å². The monoisotopic (exact) mass is 260 g/mol. The van der Waals surface area contributed by atoms with E-state index in [9.17, 15) is 13.2 Å². The minimum atomic E-state index is -3.65. The molecule has 1 aromatic heterocycles. The molecule has 2 atom stereocenters. The Labute approximate surface area is 100 Å². The number of nitrogens with one attached hydrogen (secondary N) is 1. The Hall–Kier alpha value is -1.34. The molecule has 0 aromatic carbocycles. The first-order valence-corrected chi connectivity index (χ1v) is 6.59. The molecular formula is C10H16N2O4S. The van der Waals surface area contributed by atoms with Gasteiger partial charge in [-0.15, -0.1) is 0 Å². The molecule has 1 heterocycles. The molecule has 7 heteroatoms. The van der Waals surface area contributed by atoms with Crippen LogP contribution < -0.4 is 4.72 Å². The Bertz CT molecular complexity index is 506. The highest BCUT2D eigenvalue weighted by molar-refractivity contribution is 7.89. The molecule has 0 bridgehead atoms. The van der Waals surface area contributed by atoms with Gasteiger partial charge in [-0.3, -0.25) is 4.79 Å². The highest BCUT2D eigenvalue weighted by Gasteiger charge is 2.25. The van der Waals surface area contributed by atoms with Crippen molar-refractivity contribution in [3.05, 3.63) is 18.5 Å². The van der Waals surface area contributed by atoms with Crippen LogP contribution in [0.25, 0.3) is 0 Å². The van der Waals surface area contributed by atoms with Gasteiger partial charge in [0.25, 0.3) is 0 Å². The number of nitrogens with zero attached hydrogens (tertiary/aromatic N) is 1. The van der Waals surface area contributed by atoms with Crippen LogP contribution in [0, 0.1) is 5.92 Å². The molecule has 0 aliphatic carbocycles. The number of aryl methyl sites for hydroxylation is 1. The molecule has 0 spiro atoms. The van der Waals surface area contributed by atoms with Gasteiger partial charge in [-0.25, -0.2) is 13.1 Å². The lowest BCUT2D eigenvalue weighted by Crippen LogP contribution is -2.39. The second-order valence-corrected chi connectivity index (χ2v) is 5.76.